The van der Waals surface area contributed by atoms with Gasteiger partial charge in [0.1, 0.15) is 18.1 Å². The van der Waals surface area contributed by atoms with Gasteiger partial charge in [0.05, 0.1) is 42.5 Å². The third kappa shape index (κ3) is 4.88. The quantitative estimate of drug-likeness (QED) is 0.365. The van der Waals surface area contributed by atoms with Crippen molar-refractivity contribution in [3.8, 4) is 11.4 Å². The molecule has 0 saturated heterocycles. The molecule has 1 unspecified atom stereocenters. The fraction of sp³-hybridized carbons (Fsp3) is 0.308. The molecule has 0 N–H and O–H groups in total. The van der Waals surface area contributed by atoms with Crippen molar-refractivity contribution in [2.45, 2.75) is 31.9 Å². The Morgan fingerprint density at radius 2 is 1.69 bits per heavy atom. The zero-order valence-electron chi connectivity index (χ0n) is 20.9. The van der Waals surface area contributed by atoms with Crippen molar-refractivity contribution in [1.29, 1.82) is 0 Å². The van der Waals surface area contributed by atoms with Crippen LogP contribution in [0.2, 0.25) is 0 Å². The Labute approximate surface area is 218 Å². The number of alkyl halides is 6. The Bertz CT molecular complexity index is 1440. The third-order valence-electron chi connectivity index (χ3n) is 6.52. The number of aryl methyl sites for hydroxylation is 1. The van der Waals surface area contributed by atoms with E-state index in [1.807, 2.05) is 13.1 Å². The van der Waals surface area contributed by atoms with Gasteiger partial charge in [0, 0.05) is 30.3 Å². The highest BCUT2D eigenvalue weighted by atomic mass is 19.4. The highest BCUT2D eigenvalue weighted by Crippen LogP contribution is 2.43. The van der Waals surface area contributed by atoms with Crippen LogP contribution in [0.15, 0.2) is 60.2 Å². The fourth-order valence-corrected chi connectivity index (χ4v) is 4.49. The molecule has 1 aromatic heterocycles. The second kappa shape index (κ2) is 9.24. The van der Waals surface area contributed by atoms with Crippen molar-refractivity contribution >= 4 is 11.6 Å². The Balaban J connectivity index is 1.50. The van der Waals surface area contributed by atoms with E-state index in [0.29, 0.717) is 29.2 Å². The van der Waals surface area contributed by atoms with E-state index < -0.39 is 29.2 Å². The zero-order chi connectivity index (χ0) is 28.2. The Hall–Kier alpha value is -4.16. The summed E-state index contributed by atoms with van der Waals surface area (Å²) in [7, 11) is 1.51. The average molecular weight is 552 g/mol. The van der Waals surface area contributed by atoms with Gasteiger partial charge in [-0.1, -0.05) is 5.16 Å². The molecule has 13 heteroatoms. The van der Waals surface area contributed by atoms with Crippen molar-refractivity contribution in [3.63, 3.8) is 0 Å². The molecule has 2 aromatic carbocycles. The number of aromatic nitrogens is 2. The molecular formula is C26H22F6N4O3. The Morgan fingerprint density at radius 1 is 1.00 bits per heavy atom. The molecular weight excluding hydrogens is 530 g/mol. The average Bonchev–Trinajstić information content (AvgIpc) is 3.37. The van der Waals surface area contributed by atoms with Crippen molar-refractivity contribution in [3.05, 3.63) is 82.9 Å². The fourth-order valence-electron chi connectivity index (χ4n) is 4.49. The van der Waals surface area contributed by atoms with Crippen molar-refractivity contribution in [1.82, 2.24) is 14.5 Å². The predicted octanol–water partition coefficient (Wildman–Crippen LogP) is 6.12. The van der Waals surface area contributed by atoms with Gasteiger partial charge in [-0.15, -0.1) is 0 Å². The molecule has 2 aliphatic rings. The van der Waals surface area contributed by atoms with Crippen molar-refractivity contribution in [2.24, 2.45) is 5.16 Å². The summed E-state index contributed by atoms with van der Waals surface area (Å²) in [6, 6.07) is 6.70. The number of halogens is 6. The van der Waals surface area contributed by atoms with Crippen LogP contribution in [0, 0.1) is 6.92 Å². The molecule has 2 aliphatic heterocycles. The van der Waals surface area contributed by atoms with E-state index in [1.165, 1.54) is 25.0 Å². The summed E-state index contributed by atoms with van der Waals surface area (Å²) in [6.07, 6.45) is -4.99. The van der Waals surface area contributed by atoms with Gasteiger partial charge < -0.3 is 23.8 Å². The van der Waals surface area contributed by atoms with E-state index >= 15 is 0 Å². The zero-order valence-corrected chi connectivity index (χ0v) is 20.9. The molecule has 0 radical (unpaired) electrons. The number of amidine groups is 1. The number of fused-ring (bicyclic) bond motifs is 1. The van der Waals surface area contributed by atoms with Gasteiger partial charge in [-0.3, -0.25) is 0 Å². The summed E-state index contributed by atoms with van der Waals surface area (Å²) in [5.41, 5.74) is -2.79. The first kappa shape index (κ1) is 26.4. The van der Waals surface area contributed by atoms with Crippen LogP contribution in [-0.4, -0.2) is 40.5 Å². The van der Waals surface area contributed by atoms with Crippen LogP contribution in [0.25, 0.3) is 11.4 Å². The SMILES string of the molecule is COc1cc(C2=CC3=NOC(C)(c4cc(C(F)(F)F)cc(C(F)(F)F)c4)N3CCO2)ccc1-n1cnc(C)c1. The van der Waals surface area contributed by atoms with E-state index in [2.05, 4.69) is 10.1 Å². The summed E-state index contributed by atoms with van der Waals surface area (Å²) in [5.74, 6) is 1.08. The summed E-state index contributed by atoms with van der Waals surface area (Å²) >= 11 is 0. The smallest absolute Gasteiger partial charge is 0.416 e. The Morgan fingerprint density at radius 3 is 2.28 bits per heavy atom. The molecule has 7 nitrogen and oxygen atoms in total. The molecule has 5 rings (SSSR count). The highest BCUT2D eigenvalue weighted by Gasteiger charge is 2.47. The number of imidazole rings is 1. The summed E-state index contributed by atoms with van der Waals surface area (Å²) in [6.45, 7) is 3.35. The summed E-state index contributed by atoms with van der Waals surface area (Å²) < 4.78 is 94.2. The monoisotopic (exact) mass is 552 g/mol. The largest absolute Gasteiger partial charge is 0.495 e. The first-order valence-electron chi connectivity index (χ1n) is 11.7. The van der Waals surface area contributed by atoms with Gasteiger partial charge in [-0.25, -0.2) is 4.98 Å². The Kier molecular flexibility index (Phi) is 6.27. The van der Waals surface area contributed by atoms with E-state index in [4.69, 9.17) is 14.3 Å². The van der Waals surface area contributed by atoms with Crippen LogP contribution < -0.4 is 4.74 Å². The second-order valence-electron chi connectivity index (χ2n) is 9.14. The minimum Gasteiger partial charge on any atom is -0.495 e. The van der Waals surface area contributed by atoms with E-state index in [9.17, 15) is 26.3 Å². The normalized spacial score (nSPS) is 19.5. The van der Waals surface area contributed by atoms with E-state index in [1.54, 1.807) is 29.1 Å². The number of rotatable bonds is 4. The van der Waals surface area contributed by atoms with Crippen LogP contribution in [-0.2, 0) is 27.7 Å². The number of ether oxygens (including phenoxy) is 2. The molecule has 0 saturated carbocycles. The maximum absolute atomic E-state index is 13.5. The maximum atomic E-state index is 13.5. The number of oxime groups is 1. The molecule has 3 aromatic rings. The highest BCUT2D eigenvalue weighted by molar-refractivity contribution is 5.99. The van der Waals surface area contributed by atoms with Crippen LogP contribution in [0.5, 0.6) is 5.75 Å². The van der Waals surface area contributed by atoms with Crippen molar-refractivity contribution in [2.75, 3.05) is 20.3 Å². The molecule has 0 aliphatic carbocycles. The first-order chi connectivity index (χ1) is 18.3. The number of nitrogens with zero attached hydrogens (tertiary/aromatic N) is 4. The van der Waals surface area contributed by atoms with Crippen molar-refractivity contribution < 1.29 is 40.7 Å². The molecule has 3 heterocycles. The standard InChI is InChI=1S/C26H22F6N4O3/c1-15-13-35(14-33-15)20-5-4-16(8-22(20)37-3)21-12-23-34-39-24(2,36(23)6-7-38-21)17-9-18(25(27,28)29)11-19(10-17)26(30,31)32/h4-5,8-14H,6-7H2,1-3H3. The van der Waals surface area contributed by atoms with Gasteiger partial charge in [0.2, 0.25) is 5.72 Å². The number of hydrogen-bond donors (Lipinski definition) is 0. The minimum absolute atomic E-state index is 0.0552. The van der Waals surface area contributed by atoms with Gasteiger partial charge in [0.25, 0.3) is 0 Å². The van der Waals surface area contributed by atoms with E-state index in [0.717, 1.165) is 11.4 Å². The summed E-state index contributed by atoms with van der Waals surface area (Å²) in [5, 5.41) is 4.00. The lowest BCUT2D eigenvalue weighted by atomic mass is 9.96. The van der Waals surface area contributed by atoms with Crippen LogP contribution >= 0.6 is 0 Å². The van der Waals surface area contributed by atoms with E-state index in [-0.39, 0.29) is 30.6 Å². The third-order valence-corrected chi connectivity index (χ3v) is 6.52. The van der Waals surface area contributed by atoms with Crippen LogP contribution in [0.4, 0.5) is 26.3 Å². The molecule has 0 fully saturated rings. The molecule has 206 valence electrons. The van der Waals surface area contributed by atoms with Gasteiger partial charge >= 0.3 is 12.4 Å². The molecule has 0 bridgehead atoms. The topological polar surface area (TPSA) is 61.1 Å². The number of benzene rings is 2. The van der Waals surface area contributed by atoms with Crippen LogP contribution in [0.1, 0.15) is 34.9 Å². The lowest BCUT2D eigenvalue weighted by molar-refractivity contribution is -0.144. The first-order valence-corrected chi connectivity index (χ1v) is 11.7. The minimum atomic E-state index is -5.00. The molecule has 0 amide bonds. The molecule has 39 heavy (non-hydrogen) atoms. The lowest BCUT2D eigenvalue weighted by Gasteiger charge is -2.34. The van der Waals surface area contributed by atoms with Crippen LogP contribution in [0.3, 0.4) is 0 Å². The number of methoxy groups -OCH3 is 1. The second-order valence-corrected chi connectivity index (χ2v) is 9.14. The number of hydrogen-bond acceptors (Lipinski definition) is 6. The molecule has 0 spiro atoms. The lowest BCUT2D eigenvalue weighted by Crippen LogP contribution is -2.44. The van der Waals surface area contributed by atoms with Gasteiger partial charge in [-0.05, 0) is 43.3 Å². The predicted molar refractivity (Wildman–Crippen MR) is 128 cm³/mol. The molecule has 1 atom stereocenters. The van der Waals surface area contributed by atoms with Gasteiger partial charge in [-0.2, -0.15) is 26.3 Å². The summed E-state index contributed by atoms with van der Waals surface area (Å²) in [4.78, 5) is 11.2. The van der Waals surface area contributed by atoms with Gasteiger partial charge in [0.15, 0.2) is 5.84 Å². The maximum Gasteiger partial charge on any atom is 0.416 e.